The molecule has 1 aliphatic rings. The minimum Gasteiger partial charge on any atom is -0.349 e. The third kappa shape index (κ3) is 4.82. The molecule has 1 N–H and O–H groups in total. The number of carbonyl (C=O) groups excluding carboxylic acids is 1. The van der Waals surface area contributed by atoms with Crippen LogP contribution in [0.4, 0.5) is 13.2 Å². The molecule has 1 aromatic heterocycles. The Labute approximate surface area is 154 Å². The molecule has 0 spiro atoms. The summed E-state index contributed by atoms with van der Waals surface area (Å²) in [6, 6.07) is 4.98. The van der Waals surface area contributed by atoms with Crippen LogP contribution < -0.4 is 5.32 Å². The quantitative estimate of drug-likeness (QED) is 0.847. The van der Waals surface area contributed by atoms with Gasteiger partial charge in [0.15, 0.2) is 0 Å². The number of piperidine rings is 1. The van der Waals surface area contributed by atoms with Gasteiger partial charge in [0.2, 0.25) is 0 Å². The Kier molecular flexibility index (Phi) is 5.93. The standard InChI is InChI=1S/C18H20F3N3OS/c19-18(20,21)14-6-4-5-13(11-14)17-23-15(12-26-17)16(25)22-7-10-24-8-2-1-3-9-24/h4-6,11-12H,1-3,7-10H2,(H,22,25). The number of nitrogens with zero attached hydrogens (tertiary/aromatic N) is 2. The molecule has 1 amide bonds. The van der Waals surface area contributed by atoms with Gasteiger partial charge in [-0.2, -0.15) is 13.2 Å². The minimum absolute atomic E-state index is 0.237. The first-order valence-electron chi connectivity index (χ1n) is 8.57. The number of nitrogens with one attached hydrogen (secondary N) is 1. The molecule has 1 aliphatic heterocycles. The number of halogens is 3. The van der Waals surface area contributed by atoms with Gasteiger partial charge in [-0.3, -0.25) is 4.79 Å². The van der Waals surface area contributed by atoms with E-state index >= 15 is 0 Å². The number of benzene rings is 1. The molecule has 140 valence electrons. The number of carbonyl (C=O) groups is 1. The smallest absolute Gasteiger partial charge is 0.349 e. The SMILES string of the molecule is O=C(NCCN1CCCCC1)c1csc(-c2cccc(C(F)(F)F)c2)n1. The molecule has 26 heavy (non-hydrogen) atoms. The van der Waals surface area contributed by atoms with Crippen molar-refractivity contribution in [1.82, 2.24) is 15.2 Å². The van der Waals surface area contributed by atoms with Gasteiger partial charge in [0, 0.05) is 24.0 Å². The van der Waals surface area contributed by atoms with E-state index in [9.17, 15) is 18.0 Å². The van der Waals surface area contributed by atoms with Gasteiger partial charge in [-0.05, 0) is 38.1 Å². The molecular formula is C18H20F3N3OS. The topological polar surface area (TPSA) is 45.2 Å². The van der Waals surface area contributed by atoms with Crippen LogP contribution in [0, 0.1) is 0 Å². The highest BCUT2D eigenvalue weighted by atomic mass is 32.1. The van der Waals surface area contributed by atoms with Gasteiger partial charge in [-0.1, -0.05) is 18.6 Å². The molecule has 0 radical (unpaired) electrons. The number of alkyl halides is 3. The van der Waals surface area contributed by atoms with Crippen molar-refractivity contribution in [3.8, 4) is 10.6 Å². The van der Waals surface area contributed by atoms with Crippen LogP contribution in [0.25, 0.3) is 10.6 Å². The van der Waals surface area contributed by atoms with Crippen LogP contribution in [0.2, 0.25) is 0 Å². The fraction of sp³-hybridized carbons (Fsp3) is 0.444. The molecule has 0 atom stereocenters. The normalized spacial score (nSPS) is 15.8. The zero-order valence-corrected chi connectivity index (χ0v) is 15.0. The lowest BCUT2D eigenvalue weighted by atomic mass is 10.1. The number of hydrogen-bond donors (Lipinski definition) is 1. The molecule has 4 nitrogen and oxygen atoms in total. The van der Waals surface area contributed by atoms with E-state index in [-0.39, 0.29) is 11.6 Å². The molecule has 0 unspecified atom stereocenters. The zero-order chi connectivity index (χ0) is 18.6. The van der Waals surface area contributed by atoms with Crippen molar-refractivity contribution in [2.75, 3.05) is 26.2 Å². The van der Waals surface area contributed by atoms with Gasteiger partial charge >= 0.3 is 6.18 Å². The molecule has 2 heterocycles. The van der Waals surface area contributed by atoms with E-state index in [4.69, 9.17) is 0 Å². The Bertz CT molecular complexity index is 754. The molecule has 1 fully saturated rings. The lowest BCUT2D eigenvalue weighted by Gasteiger charge is -2.26. The van der Waals surface area contributed by atoms with Crippen LogP contribution in [0.5, 0.6) is 0 Å². The molecule has 2 aromatic rings. The lowest BCUT2D eigenvalue weighted by molar-refractivity contribution is -0.137. The predicted molar refractivity (Wildman–Crippen MR) is 95.2 cm³/mol. The van der Waals surface area contributed by atoms with E-state index in [1.807, 2.05) is 0 Å². The third-order valence-corrected chi connectivity index (χ3v) is 5.23. The number of aromatic nitrogens is 1. The summed E-state index contributed by atoms with van der Waals surface area (Å²) in [5.41, 5.74) is -0.129. The van der Waals surface area contributed by atoms with Crippen molar-refractivity contribution in [3.05, 3.63) is 40.9 Å². The van der Waals surface area contributed by atoms with Crippen molar-refractivity contribution < 1.29 is 18.0 Å². The van der Waals surface area contributed by atoms with Crippen molar-refractivity contribution in [1.29, 1.82) is 0 Å². The van der Waals surface area contributed by atoms with Gasteiger partial charge < -0.3 is 10.2 Å². The fourth-order valence-corrected chi connectivity index (χ4v) is 3.74. The monoisotopic (exact) mass is 383 g/mol. The second-order valence-corrected chi connectivity index (χ2v) is 7.13. The van der Waals surface area contributed by atoms with Crippen LogP contribution >= 0.6 is 11.3 Å². The number of hydrogen-bond acceptors (Lipinski definition) is 4. The lowest BCUT2D eigenvalue weighted by Crippen LogP contribution is -2.37. The summed E-state index contributed by atoms with van der Waals surface area (Å²) in [6.07, 6.45) is -0.747. The van der Waals surface area contributed by atoms with E-state index in [0.717, 1.165) is 43.1 Å². The van der Waals surface area contributed by atoms with Crippen molar-refractivity contribution in [2.24, 2.45) is 0 Å². The molecule has 0 bridgehead atoms. The highest BCUT2D eigenvalue weighted by Crippen LogP contribution is 2.33. The fourth-order valence-electron chi connectivity index (χ4n) is 2.94. The van der Waals surface area contributed by atoms with E-state index in [1.54, 1.807) is 11.4 Å². The second kappa shape index (κ2) is 8.18. The van der Waals surface area contributed by atoms with Gasteiger partial charge in [-0.15, -0.1) is 11.3 Å². The number of thiazole rings is 1. The van der Waals surface area contributed by atoms with Crippen molar-refractivity contribution >= 4 is 17.2 Å². The Balaban J connectivity index is 1.59. The average molecular weight is 383 g/mol. The van der Waals surface area contributed by atoms with Crippen LogP contribution in [-0.2, 0) is 6.18 Å². The van der Waals surface area contributed by atoms with Gasteiger partial charge in [0.05, 0.1) is 5.56 Å². The summed E-state index contributed by atoms with van der Waals surface area (Å²) in [7, 11) is 0. The van der Waals surface area contributed by atoms with E-state index < -0.39 is 11.7 Å². The maximum Gasteiger partial charge on any atom is 0.416 e. The second-order valence-electron chi connectivity index (χ2n) is 6.27. The molecule has 1 saturated heterocycles. The summed E-state index contributed by atoms with van der Waals surface area (Å²) in [6.45, 7) is 3.46. The van der Waals surface area contributed by atoms with E-state index in [2.05, 4.69) is 15.2 Å². The molecule has 1 aromatic carbocycles. The zero-order valence-electron chi connectivity index (χ0n) is 14.2. The van der Waals surface area contributed by atoms with Crippen LogP contribution in [0.15, 0.2) is 29.6 Å². The molecule has 0 saturated carbocycles. The number of rotatable bonds is 5. The maximum atomic E-state index is 12.8. The Morgan fingerprint density at radius 2 is 2.00 bits per heavy atom. The van der Waals surface area contributed by atoms with Gasteiger partial charge in [0.1, 0.15) is 10.7 Å². The Hall–Kier alpha value is -1.93. The summed E-state index contributed by atoms with van der Waals surface area (Å²) in [5, 5.41) is 4.81. The summed E-state index contributed by atoms with van der Waals surface area (Å²) in [4.78, 5) is 18.7. The predicted octanol–water partition coefficient (Wildman–Crippen LogP) is 4.04. The highest BCUT2D eigenvalue weighted by molar-refractivity contribution is 7.13. The van der Waals surface area contributed by atoms with Crippen LogP contribution in [-0.4, -0.2) is 42.0 Å². The van der Waals surface area contributed by atoms with Crippen LogP contribution in [0.1, 0.15) is 35.3 Å². The molecule has 0 aliphatic carbocycles. The van der Waals surface area contributed by atoms with E-state index in [1.165, 1.54) is 25.3 Å². The minimum atomic E-state index is -4.40. The first-order chi connectivity index (χ1) is 12.4. The van der Waals surface area contributed by atoms with Gasteiger partial charge in [-0.25, -0.2) is 4.98 Å². The summed E-state index contributed by atoms with van der Waals surface area (Å²) < 4.78 is 38.5. The summed E-state index contributed by atoms with van der Waals surface area (Å²) >= 11 is 1.16. The van der Waals surface area contributed by atoms with Crippen molar-refractivity contribution in [2.45, 2.75) is 25.4 Å². The van der Waals surface area contributed by atoms with E-state index in [0.29, 0.717) is 17.1 Å². The number of amides is 1. The molecule has 8 heteroatoms. The molecular weight excluding hydrogens is 363 g/mol. The van der Waals surface area contributed by atoms with Gasteiger partial charge in [0.25, 0.3) is 5.91 Å². The highest BCUT2D eigenvalue weighted by Gasteiger charge is 2.30. The Morgan fingerprint density at radius 3 is 2.73 bits per heavy atom. The average Bonchev–Trinajstić information content (AvgIpc) is 3.12. The molecule has 3 rings (SSSR count). The van der Waals surface area contributed by atoms with Crippen molar-refractivity contribution in [3.63, 3.8) is 0 Å². The number of likely N-dealkylation sites (tertiary alicyclic amines) is 1. The maximum absolute atomic E-state index is 12.8. The largest absolute Gasteiger partial charge is 0.416 e. The van der Waals surface area contributed by atoms with Crippen LogP contribution in [0.3, 0.4) is 0 Å². The Morgan fingerprint density at radius 1 is 1.23 bits per heavy atom. The first-order valence-corrected chi connectivity index (χ1v) is 9.45. The first kappa shape index (κ1) is 18.8. The third-order valence-electron chi connectivity index (χ3n) is 4.34. The summed E-state index contributed by atoms with van der Waals surface area (Å²) in [5.74, 6) is -0.295.